The second-order valence-electron chi connectivity index (χ2n) is 5.96. The summed E-state index contributed by atoms with van der Waals surface area (Å²) in [5.74, 6) is 1.94. The molecule has 1 fully saturated rings. The highest BCUT2D eigenvalue weighted by Crippen LogP contribution is 2.23. The molecule has 0 unspecified atom stereocenters. The smallest absolute Gasteiger partial charge is 0.00161 e. The third kappa shape index (κ3) is 8.97. The van der Waals surface area contributed by atoms with E-state index in [0.29, 0.717) is 0 Å². The predicted molar refractivity (Wildman–Crippen MR) is 84.1 cm³/mol. The van der Waals surface area contributed by atoms with Gasteiger partial charge in [-0.3, -0.25) is 0 Å². The number of nitrogens with zero attached hydrogens (tertiary/aromatic N) is 1. The topological polar surface area (TPSA) is 3.24 Å². The minimum atomic E-state index is 0.895. The molecule has 0 saturated carbocycles. The van der Waals surface area contributed by atoms with Crippen molar-refractivity contribution in [3.8, 4) is 0 Å². The molecular formula is C17H37N. The van der Waals surface area contributed by atoms with Gasteiger partial charge in [-0.2, -0.15) is 0 Å². The van der Waals surface area contributed by atoms with E-state index in [2.05, 4.69) is 25.7 Å². The predicted octanol–water partition coefficient (Wildman–Crippen LogP) is 5.35. The molecule has 1 aliphatic heterocycles. The largest absolute Gasteiger partial charge is 0.303 e. The molecule has 1 nitrogen and oxygen atoms in total. The number of likely N-dealkylation sites (tertiary alicyclic amines) is 1. The Morgan fingerprint density at radius 2 is 1.67 bits per heavy atom. The van der Waals surface area contributed by atoms with Crippen molar-refractivity contribution in [1.82, 2.24) is 4.90 Å². The summed E-state index contributed by atoms with van der Waals surface area (Å²) in [7, 11) is 0. The van der Waals surface area contributed by atoms with Crippen LogP contribution in [-0.4, -0.2) is 24.5 Å². The van der Waals surface area contributed by atoms with Gasteiger partial charge in [-0.25, -0.2) is 0 Å². The van der Waals surface area contributed by atoms with Gasteiger partial charge in [0.05, 0.1) is 0 Å². The lowest BCUT2D eigenvalue weighted by Gasteiger charge is -2.31. The molecule has 18 heavy (non-hydrogen) atoms. The van der Waals surface area contributed by atoms with Gasteiger partial charge in [0.15, 0.2) is 0 Å². The maximum absolute atomic E-state index is 2.64. The van der Waals surface area contributed by atoms with E-state index in [1.807, 2.05) is 13.8 Å². The average molecular weight is 255 g/mol. The SMILES string of the molecule is CC.CCCN1CCC(CCCCC(C)C)CC1. The third-order valence-corrected chi connectivity index (χ3v) is 3.89. The Hall–Kier alpha value is -0.0400. The van der Waals surface area contributed by atoms with Crippen molar-refractivity contribution >= 4 is 0 Å². The van der Waals surface area contributed by atoms with E-state index in [9.17, 15) is 0 Å². The number of rotatable bonds is 7. The van der Waals surface area contributed by atoms with Gasteiger partial charge >= 0.3 is 0 Å². The molecule has 0 aromatic rings. The van der Waals surface area contributed by atoms with Crippen molar-refractivity contribution < 1.29 is 0 Å². The normalized spacial score (nSPS) is 17.7. The first-order valence-corrected chi connectivity index (χ1v) is 8.44. The van der Waals surface area contributed by atoms with E-state index >= 15 is 0 Å². The van der Waals surface area contributed by atoms with E-state index in [1.165, 1.54) is 64.6 Å². The lowest BCUT2D eigenvalue weighted by atomic mass is 9.90. The van der Waals surface area contributed by atoms with Crippen LogP contribution in [0.25, 0.3) is 0 Å². The molecule has 1 heteroatoms. The summed E-state index contributed by atoms with van der Waals surface area (Å²) < 4.78 is 0. The zero-order valence-electron chi connectivity index (χ0n) is 13.7. The lowest BCUT2D eigenvalue weighted by Crippen LogP contribution is -2.34. The van der Waals surface area contributed by atoms with Crippen LogP contribution in [0.3, 0.4) is 0 Å². The summed E-state index contributed by atoms with van der Waals surface area (Å²) in [6, 6.07) is 0. The zero-order valence-corrected chi connectivity index (χ0v) is 13.7. The molecule has 1 heterocycles. The van der Waals surface area contributed by atoms with Crippen LogP contribution in [0.1, 0.15) is 79.6 Å². The Morgan fingerprint density at radius 1 is 1.06 bits per heavy atom. The Morgan fingerprint density at radius 3 is 2.17 bits per heavy atom. The van der Waals surface area contributed by atoms with Gasteiger partial charge < -0.3 is 4.90 Å². The molecule has 1 aliphatic rings. The molecule has 0 aliphatic carbocycles. The van der Waals surface area contributed by atoms with Gasteiger partial charge in [-0.1, -0.05) is 60.3 Å². The average Bonchev–Trinajstić information content (AvgIpc) is 2.39. The minimum absolute atomic E-state index is 0.895. The van der Waals surface area contributed by atoms with Gasteiger partial charge in [0.2, 0.25) is 0 Å². The van der Waals surface area contributed by atoms with Crippen LogP contribution in [0, 0.1) is 11.8 Å². The molecule has 0 spiro atoms. The second-order valence-corrected chi connectivity index (χ2v) is 5.96. The van der Waals surface area contributed by atoms with E-state index < -0.39 is 0 Å². The molecule has 0 atom stereocenters. The Kier molecular flexibility index (Phi) is 12.0. The van der Waals surface area contributed by atoms with Crippen LogP contribution in [0.4, 0.5) is 0 Å². The van der Waals surface area contributed by atoms with Crippen molar-refractivity contribution in [1.29, 1.82) is 0 Å². The van der Waals surface area contributed by atoms with E-state index in [-0.39, 0.29) is 0 Å². The molecular weight excluding hydrogens is 218 g/mol. The number of hydrogen-bond donors (Lipinski definition) is 0. The number of piperidine rings is 1. The maximum atomic E-state index is 2.64. The summed E-state index contributed by atoms with van der Waals surface area (Å²) in [5.41, 5.74) is 0. The van der Waals surface area contributed by atoms with Crippen molar-refractivity contribution in [2.24, 2.45) is 11.8 Å². The van der Waals surface area contributed by atoms with Crippen molar-refractivity contribution in [2.75, 3.05) is 19.6 Å². The standard InChI is InChI=1S/C15H31N.C2H6/c1-4-11-16-12-9-15(10-13-16)8-6-5-7-14(2)3;1-2/h14-15H,4-13H2,1-3H3;1-2H3. The summed E-state index contributed by atoms with van der Waals surface area (Å²) in [4.78, 5) is 2.64. The van der Waals surface area contributed by atoms with Crippen LogP contribution in [0.5, 0.6) is 0 Å². The molecule has 0 aromatic heterocycles. The number of hydrogen-bond acceptors (Lipinski definition) is 1. The molecule has 1 saturated heterocycles. The third-order valence-electron chi connectivity index (χ3n) is 3.89. The van der Waals surface area contributed by atoms with Crippen LogP contribution >= 0.6 is 0 Å². The Balaban J connectivity index is 0.00000137. The number of unbranched alkanes of at least 4 members (excludes halogenated alkanes) is 1. The minimum Gasteiger partial charge on any atom is -0.303 e. The molecule has 0 radical (unpaired) electrons. The second kappa shape index (κ2) is 12.0. The molecule has 1 rings (SSSR count). The van der Waals surface area contributed by atoms with Gasteiger partial charge in [0.1, 0.15) is 0 Å². The lowest BCUT2D eigenvalue weighted by molar-refractivity contribution is 0.177. The fraction of sp³-hybridized carbons (Fsp3) is 1.00. The van der Waals surface area contributed by atoms with Crippen LogP contribution in [0.2, 0.25) is 0 Å². The molecule has 0 bridgehead atoms. The molecule has 0 amide bonds. The van der Waals surface area contributed by atoms with Crippen molar-refractivity contribution in [2.45, 2.75) is 79.6 Å². The van der Waals surface area contributed by atoms with E-state index in [1.54, 1.807) is 0 Å². The van der Waals surface area contributed by atoms with Crippen LogP contribution < -0.4 is 0 Å². The monoisotopic (exact) mass is 255 g/mol. The highest BCUT2D eigenvalue weighted by molar-refractivity contribution is 4.72. The van der Waals surface area contributed by atoms with Crippen molar-refractivity contribution in [3.05, 3.63) is 0 Å². The maximum Gasteiger partial charge on any atom is -0.00161 e. The molecule has 110 valence electrons. The highest BCUT2D eigenvalue weighted by Gasteiger charge is 2.17. The Labute approximate surface area is 116 Å². The van der Waals surface area contributed by atoms with E-state index in [0.717, 1.165) is 11.8 Å². The van der Waals surface area contributed by atoms with Gasteiger partial charge in [-0.05, 0) is 50.7 Å². The summed E-state index contributed by atoms with van der Waals surface area (Å²) >= 11 is 0. The van der Waals surface area contributed by atoms with Gasteiger partial charge in [-0.15, -0.1) is 0 Å². The highest BCUT2D eigenvalue weighted by atomic mass is 15.1. The zero-order chi connectivity index (χ0) is 13.8. The first kappa shape index (κ1) is 18.0. The van der Waals surface area contributed by atoms with E-state index in [4.69, 9.17) is 0 Å². The first-order valence-electron chi connectivity index (χ1n) is 8.44. The van der Waals surface area contributed by atoms with Gasteiger partial charge in [0.25, 0.3) is 0 Å². The fourth-order valence-electron chi connectivity index (χ4n) is 2.80. The summed E-state index contributed by atoms with van der Waals surface area (Å²) in [6.07, 6.45) is 10.1. The molecule has 0 N–H and O–H groups in total. The fourth-order valence-corrected chi connectivity index (χ4v) is 2.80. The van der Waals surface area contributed by atoms with Gasteiger partial charge in [0, 0.05) is 0 Å². The molecule has 0 aromatic carbocycles. The summed E-state index contributed by atoms with van der Waals surface area (Å²) in [6.45, 7) is 15.0. The quantitative estimate of drug-likeness (QED) is 0.554. The summed E-state index contributed by atoms with van der Waals surface area (Å²) in [5, 5.41) is 0. The van der Waals surface area contributed by atoms with Crippen LogP contribution in [-0.2, 0) is 0 Å². The van der Waals surface area contributed by atoms with Crippen molar-refractivity contribution in [3.63, 3.8) is 0 Å². The van der Waals surface area contributed by atoms with Crippen LogP contribution in [0.15, 0.2) is 0 Å². The first-order chi connectivity index (χ1) is 8.72. The Bertz CT molecular complexity index is 157.